The highest BCUT2D eigenvalue weighted by molar-refractivity contribution is 7.89. The molecule has 0 aliphatic heterocycles. The summed E-state index contributed by atoms with van der Waals surface area (Å²) in [6.45, 7) is 3.19. The molecule has 0 fully saturated rings. The van der Waals surface area contributed by atoms with Gasteiger partial charge < -0.3 is 5.32 Å². The van der Waals surface area contributed by atoms with Gasteiger partial charge in [-0.2, -0.15) is 4.31 Å². The molecule has 1 heterocycles. The average molecular weight is 561 g/mol. The molecule has 0 aliphatic carbocycles. The number of carbonyl (C=O) groups excluding carboxylic acids is 1. The summed E-state index contributed by atoms with van der Waals surface area (Å²) < 4.78 is 28.2. The Labute approximate surface area is 224 Å². The molecule has 0 saturated carbocycles. The topological polar surface area (TPSA) is 79.4 Å². The van der Waals surface area contributed by atoms with Gasteiger partial charge >= 0.3 is 0 Å². The van der Waals surface area contributed by atoms with Crippen molar-refractivity contribution in [1.29, 1.82) is 0 Å². The molecule has 1 N–H and O–H groups in total. The van der Waals surface area contributed by atoms with E-state index in [1.165, 1.54) is 23.5 Å². The molecule has 0 saturated heterocycles. The van der Waals surface area contributed by atoms with Crippen LogP contribution >= 0.6 is 34.5 Å². The lowest BCUT2D eigenvalue weighted by molar-refractivity contribution is -0.116. The van der Waals surface area contributed by atoms with E-state index in [2.05, 4.69) is 10.3 Å². The number of nitrogens with zero attached hydrogens (tertiary/aromatic N) is 2. The number of thiazole rings is 1. The summed E-state index contributed by atoms with van der Waals surface area (Å²) >= 11 is 14.2. The first-order chi connectivity index (χ1) is 17.1. The van der Waals surface area contributed by atoms with Crippen LogP contribution in [0.5, 0.6) is 0 Å². The molecule has 10 heteroatoms. The fraction of sp³-hybridized carbons (Fsp3) is 0.154. The normalized spacial score (nSPS) is 11.6. The van der Waals surface area contributed by atoms with Crippen LogP contribution in [0, 0.1) is 13.8 Å². The number of nitrogens with one attached hydrogen (secondary N) is 1. The maximum absolute atomic E-state index is 13.6. The van der Waals surface area contributed by atoms with Crippen LogP contribution in [0.3, 0.4) is 0 Å². The van der Waals surface area contributed by atoms with Gasteiger partial charge in [-0.05, 0) is 50.2 Å². The lowest BCUT2D eigenvalue weighted by Crippen LogP contribution is -2.37. The van der Waals surface area contributed by atoms with E-state index in [4.69, 9.17) is 23.2 Å². The zero-order valence-electron chi connectivity index (χ0n) is 19.5. The smallest absolute Gasteiger partial charge is 0.243 e. The molecule has 0 bridgehead atoms. The van der Waals surface area contributed by atoms with E-state index in [9.17, 15) is 13.2 Å². The van der Waals surface area contributed by atoms with Gasteiger partial charge in [-0.25, -0.2) is 13.4 Å². The highest BCUT2D eigenvalue weighted by Crippen LogP contribution is 2.29. The van der Waals surface area contributed by atoms with Gasteiger partial charge in [-0.1, -0.05) is 59.1 Å². The van der Waals surface area contributed by atoms with Crippen LogP contribution in [-0.4, -0.2) is 30.2 Å². The van der Waals surface area contributed by atoms with Crippen molar-refractivity contribution in [3.05, 3.63) is 98.3 Å². The van der Waals surface area contributed by atoms with E-state index >= 15 is 0 Å². The highest BCUT2D eigenvalue weighted by atomic mass is 35.5. The van der Waals surface area contributed by atoms with Crippen LogP contribution < -0.4 is 5.32 Å². The van der Waals surface area contributed by atoms with Gasteiger partial charge in [0, 0.05) is 38.8 Å². The summed E-state index contributed by atoms with van der Waals surface area (Å²) in [6.07, 6.45) is 0. The second-order valence-corrected chi connectivity index (χ2v) is 12.0. The third-order valence-electron chi connectivity index (χ3n) is 5.44. The minimum absolute atomic E-state index is 0.0741. The van der Waals surface area contributed by atoms with Gasteiger partial charge in [0.1, 0.15) is 0 Å². The van der Waals surface area contributed by atoms with Crippen molar-refractivity contribution >= 4 is 56.2 Å². The summed E-state index contributed by atoms with van der Waals surface area (Å²) in [4.78, 5) is 17.6. The van der Waals surface area contributed by atoms with Gasteiger partial charge in [0.25, 0.3) is 0 Å². The number of benzene rings is 3. The van der Waals surface area contributed by atoms with Gasteiger partial charge in [0.2, 0.25) is 15.9 Å². The Morgan fingerprint density at radius 3 is 2.31 bits per heavy atom. The maximum atomic E-state index is 13.6. The lowest BCUT2D eigenvalue weighted by Gasteiger charge is -2.23. The quantitative estimate of drug-likeness (QED) is 0.265. The Balaban J connectivity index is 1.61. The van der Waals surface area contributed by atoms with Crippen molar-refractivity contribution < 1.29 is 13.2 Å². The molecule has 0 unspecified atom stereocenters. The van der Waals surface area contributed by atoms with Crippen LogP contribution in [0.25, 0.3) is 11.3 Å². The lowest BCUT2D eigenvalue weighted by atomic mass is 10.1. The summed E-state index contributed by atoms with van der Waals surface area (Å²) in [5.41, 5.74) is 3.54. The predicted octanol–water partition coefficient (Wildman–Crippen LogP) is 6.56. The van der Waals surface area contributed by atoms with E-state index in [1.807, 2.05) is 31.4 Å². The number of amides is 1. The van der Waals surface area contributed by atoms with E-state index in [1.54, 1.807) is 42.5 Å². The zero-order chi connectivity index (χ0) is 25.9. The van der Waals surface area contributed by atoms with Crippen molar-refractivity contribution in [1.82, 2.24) is 9.29 Å². The van der Waals surface area contributed by atoms with E-state index in [0.717, 1.165) is 26.1 Å². The monoisotopic (exact) mass is 559 g/mol. The summed E-state index contributed by atoms with van der Waals surface area (Å²) in [6, 6.07) is 18.6. The third kappa shape index (κ3) is 6.14. The molecule has 36 heavy (non-hydrogen) atoms. The Hall–Kier alpha value is -2.75. The molecule has 4 aromatic rings. The third-order valence-corrected chi connectivity index (χ3v) is 8.72. The van der Waals surface area contributed by atoms with Gasteiger partial charge in [0.05, 0.1) is 22.1 Å². The van der Waals surface area contributed by atoms with Gasteiger partial charge in [-0.15, -0.1) is 11.3 Å². The molecule has 186 valence electrons. The van der Waals surface area contributed by atoms with Crippen LogP contribution in [0.1, 0.15) is 16.1 Å². The fourth-order valence-electron chi connectivity index (χ4n) is 3.56. The minimum Gasteiger partial charge on any atom is -0.325 e. The van der Waals surface area contributed by atoms with Crippen LogP contribution in [0.4, 0.5) is 5.69 Å². The van der Waals surface area contributed by atoms with Crippen LogP contribution in [-0.2, 0) is 21.4 Å². The Morgan fingerprint density at radius 1 is 1.00 bits per heavy atom. The van der Waals surface area contributed by atoms with Gasteiger partial charge in [0.15, 0.2) is 0 Å². The fourth-order valence-corrected chi connectivity index (χ4v) is 6.06. The Morgan fingerprint density at radius 2 is 1.67 bits per heavy atom. The van der Waals surface area contributed by atoms with Crippen LogP contribution in [0.2, 0.25) is 10.0 Å². The van der Waals surface area contributed by atoms with Crippen molar-refractivity contribution in [3.8, 4) is 11.3 Å². The molecule has 0 spiro atoms. The number of halogens is 2. The molecule has 0 radical (unpaired) electrons. The molecular formula is C26H23Cl2N3O3S2. The summed E-state index contributed by atoms with van der Waals surface area (Å²) in [5.74, 6) is -0.500. The average Bonchev–Trinajstić information content (AvgIpc) is 3.27. The van der Waals surface area contributed by atoms with E-state index in [-0.39, 0.29) is 11.4 Å². The largest absolute Gasteiger partial charge is 0.325 e. The highest BCUT2D eigenvalue weighted by Gasteiger charge is 2.28. The summed E-state index contributed by atoms with van der Waals surface area (Å²) in [7, 11) is -4.04. The predicted molar refractivity (Wildman–Crippen MR) is 146 cm³/mol. The molecule has 0 atom stereocenters. The number of rotatable bonds is 8. The molecule has 3 aromatic carbocycles. The van der Waals surface area contributed by atoms with Crippen molar-refractivity contribution in [2.75, 3.05) is 11.9 Å². The molecule has 1 amide bonds. The van der Waals surface area contributed by atoms with Crippen molar-refractivity contribution in [3.63, 3.8) is 0 Å². The second-order valence-electron chi connectivity index (χ2n) is 8.17. The molecule has 6 nitrogen and oxygen atoms in total. The minimum atomic E-state index is -4.04. The molecule has 1 aromatic heterocycles. The standard InChI is InChI=1S/C26H23Cl2N3O3S2/c1-17-9-11-21(12-10-17)36(33,34)31(14-22-23(27)7-4-8-24(22)28)15-26(32)30-20-6-3-5-19(13-20)25-16-35-18(2)29-25/h3-13,16H,14-15H2,1-2H3,(H,30,32). The number of aromatic nitrogens is 1. The van der Waals surface area contributed by atoms with E-state index in [0.29, 0.717) is 21.3 Å². The van der Waals surface area contributed by atoms with Crippen molar-refractivity contribution in [2.45, 2.75) is 25.3 Å². The number of sulfonamides is 1. The molecule has 0 aliphatic rings. The summed E-state index contributed by atoms with van der Waals surface area (Å²) in [5, 5.41) is 6.32. The number of anilines is 1. The first-order valence-electron chi connectivity index (χ1n) is 11.0. The number of hydrogen-bond acceptors (Lipinski definition) is 5. The second kappa shape index (κ2) is 11.1. The molecular weight excluding hydrogens is 537 g/mol. The SMILES string of the molecule is Cc1ccc(S(=O)(=O)N(CC(=O)Nc2cccc(-c3csc(C)n3)c2)Cc2c(Cl)cccc2Cl)cc1. The molecule has 4 rings (SSSR count). The maximum Gasteiger partial charge on any atom is 0.243 e. The zero-order valence-corrected chi connectivity index (χ0v) is 22.7. The van der Waals surface area contributed by atoms with Crippen molar-refractivity contribution in [2.24, 2.45) is 0 Å². The number of carbonyl (C=O) groups is 1. The Bertz CT molecular complexity index is 1480. The first kappa shape index (κ1) is 26.3. The number of aryl methyl sites for hydroxylation is 2. The first-order valence-corrected chi connectivity index (χ1v) is 14.0. The van der Waals surface area contributed by atoms with Gasteiger partial charge in [-0.3, -0.25) is 4.79 Å². The number of hydrogen-bond donors (Lipinski definition) is 1. The van der Waals surface area contributed by atoms with E-state index < -0.39 is 22.5 Å². The Kier molecular flexibility index (Phi) is 8.12. The van der Waals surface area contributed by atoms with Crippen LogP contribution in [0.15, 0.2) is 77.0 Å².